The number of piperazine rings is 1. The molecule has 1 aliphatic heterocycles. The summed E-state index contributed by atoms with van der Waals surface area (Å²) in [7, 11) is 0. The van der Waals surface area contributed by atoms with Crippen molar-refractivity contribution in [3.8, 4) is 0 Å². The maximum absolute atomic E-state index is 12.9. The van der Waals surface area contributed by atoms with E-state index in [1.165, 1.54) is 4.90 Å². The van der Waals surface area contributed by atoms with Crippen LogP contribution in [0, 0.1) is 0 Å². The van der Waals surface area contributed by atoms with Crippen molar-refractivity contribution >= 4 is 41.0 Å². The lowest BCUT2D eigenvalue weighted by Crippen LogP contribution is -2.49. The second kappa shape index (κ2) is 11.4. The van der Waals surface area contributed by atoms with Gasteiger partial charge in [-0.1, -0.05) is 48.3 Å². The van der Waals surface area contributed by atoms with E-state index < -0.39 is 0 Å². The summed E-state index contributed by atoms with van der Waals surface area (Å²) in [6.07, 6.45) is 0.810. The lowest BCUT2D eigenvalue weighted by molar-refractivity contribution is -0.123. The van der Waals surface area contributed by atoms with E-state index >= 15 is 0 Å². The predicted octanol–water partition coefficient (Wildman–Crippen LogP) is 4.25. The highest BCUT2D eigenvalue weighted by Crippen LogP contribution is 2.28. The fourth-order valence-electron chi connectivity index (χ4n) is 3.70. The molecule has 176 valence electrons. The molecule has 2 aromatic rings. The van der Waals surface area contributed by atoms with Crippen molar-refractivity contribution in [2.24, 2.45) is 0 Å². The van der Waals surface area contributed by atoms with Gasteiger partial charge in [0, 0.05) is 31.7 Å². The van der Waals surface area contributed by atoms with Gasteiger partial charge in [0.25, 0.3) is 5.91 Å². The Balaban J connectivity index is 1.61. The van der Waals surface area contributed by atoms with Crippen LogP contribution in [0.25, 0.3) is 0 Å². The van der Waals surface area contributed by atoms with E-state index in [2.05, 4.69) is 10.6 Å². The molecule has 0 radical (unpaired) electrons. The number of benzene rings is 2. The molecule has 9 heteroatoms. The van der Waals surface area contributed by atoms with E-state index in [1.54, 1.807) is 29.2 Å². The van der Waals surface area contributed by atoms with E-state index in [-0.39, 0.29) is 30.4 Å². The topological polar surface area (TPSA) is 81.8 Å². The average Bonchev–Trinajstić information content (AvgIpc) is 2.82. The highest BCUT2D eigenvalue weighted by Gasteiger charge is 2.23. The van der Waals surface area contributed by atoms with E-state index in [1.807, 2.05) is 32.0 Å². The molecule has 0 aromatic heterocycles. The van der Waals surface area contributed by atoms with Crippen LogP contribution in [0.1, 0.15) is 47.8 Å². The fraction of sp³-hybridized carbons (Fsp3) is 0.375. The first-order valence-electron chi connectivity index (χ1n) is 10.9. The first-order valence-corrected chi connectivity index (χ1v) is 11.7. The van der Waals surface area contributed by atoms with Crippen LogP contribution in [0.5, 0.6) is 0 Å². The molecule has 0 aliphatic carbocycles. The first kappa shape index (κ1) is 24.9. The summed E-state index contributed by atoms with van der Waals surface area (Å²) >= 11 is 12.2. The van der Waals surface area contributed by atoms with Gasteiger partial charge in [0.1, 0.15) is 0 Å². The van der Waals surface area contributed by atoms with E-state index in [9.17, 15) is 14.4 Å². The number of rotatable bonds is 7. The molecular weight excluding hydrogens is 463 g/mol. The third-order valence-corrected chi connectivity index (χ3v) is 6.33. The molecule has 0 saturated carbocycles. The lowest BCUT2D eigenvalue weighted by atomic mass is 10.1. The van der Waals surface area contributed by atoms with Crippen molar-refractivity contribution in [2.75, 3.05) is 26.2 Å². The second-order valence-corrected chi connectivity index (χ2v) is 8.79. The summed E-state index contributed by atoms with van der Waals surface area (Å²) in [5.41, 5.74) is 2.29. The number of halogens is 2. The molecule has 0 spiro atoms. The van der Waals surface area contributed by atoms with Gasteiger partial charge >= 0.3 is 6.03 Å². The van der Waals surface area contributed by atoms with Crippen molar-refractivity contribution in [1.82, 2.24) is 20.4 Å². The van der Waals surface area contributed by atoms with Crippen LogP contribution in [0.4, 0.5) is 4.79 Å². The Bertz CT molecular complexity index is 1010. The van der Waals surface area contributed by atoms with Crippen LogP contribution >= 0.6 is 23.2 Å². The predicted molar refractivity (Wildman–Crippen MR) is 129 cm³/mol. The van der Waals surface area contributed by atoms with Crippen LogP contribution in [-0.2, 0) is 11.3 Å². The minimum Gasteiger partial charge on any atom is -0.353 e. The maximum Gasteiger partial charge on any atom is 0.318 e. The van der Waals surface area contributed by atoms with Crippen molar-refractivity contribution < 1.29 is 14.4 Å². The first-order chi connectivity index (χ1) is 15.8. The summed E-state index contributed by atoms with van der Waals surface area (Å²) in [6, 6.07) is 12.1. The van der Waals surface area contributed by atoms with Crippen LogP contribution in [0.2, 0.25) is 10.0 Å². The number of urea groups is 1. The summed E-state index contributed by atoms with van der Waals surface area (Å²) in [4.78, 5) is 40.3. The fourth-order valence-corrected chi connectivity index (χ4v) is 4.01. The van der Waals surface area contributed by atoms with Crippen molar-refractivity contribution in [1.29, 1.82) is 0 Å². The SMILES string of the molecule is CCCN(C(=O)NCc1ccc(C(=O)N2CCNC(=O)C2)cc1)C(C)c1ccc(Cl)c(Cl)c1. The quantitative estimate of drug-likeness (QED) is 0.608. The minimum absolute atomic E-state index is 0.0704. The van der Waals surface area contributed by atoms with E-state index in [0.717, 1.165) is 17.5 Å². The van der Waals surface area contributed by atoms with Crippen LogP contribution in [-0.4, -0.2) is 53.8 Å². The number of carbonyl (C=O) groups excluding carboxylic acids is 3. The smallest absolute Gasteiger partial charge is 0.318 e. The van der Waals surface area contributed by atoms with Gasteiger partial charge in [0.05, 0.1) is 22.6 Å². The monoisotopic (exact) mass is 490 g/mol. The molecule has 3 rings (SSSR count). The zero-order valence-electron chi connectivity index (χ0n) is 18.7. The van der Waals surface area contributed by atoms with Gasteiger partial charge < -0.3 is 20.4 Å². The molecule has 2 aromatic carbocycles. The van der Waals surface area contributed by atoms with Crippen molar-refractivity contribution in [3.63, 3.8) is 0 Å². The zero-order valence-corrected chi connectivity index (χ0v) is 20.2. The summed E-state index contributed by atoms with van der Waals surface area (Å²) < 4.78 is 0. The molecule has 1 heterocycles. The van der Waals surface area contributed by atoms with Gasteiger partial charge in [-0.3, -0.25) is 9.59 Å². The zero-order chi connectivity index (χ0) is 24.0. The molecule has 1 unspecified atom stereocenters. The Morgan fingerprint density at radius 1 is 1.15 bits per heavy atom. The van der Waals surface area contributed by atoms with Gasteiger partial charge in [0.15, 0.2) is 0 Å². The Kier molecular flexibility index (Phi) is 8.58. The highest BCUT2D eigenvalue weighted by atomic mass is 35.5. The molecule has 0 bridgehead atoms. The summed E-state index contributed by atoms with van der Waals surface area (Å²) in [5.74, 6) is -0.328. The Labute approximate surface area is 204 Å². The Hall–Kier alpha value is -2.77. The number of hydrogen-bond donors (Lipinski definition) is 2. The molecule has 1 aliphatic rings. The van der Waals surface area contributed by atoms with Gasteiger partial charge in [-0.25, -0.2) is 4.79 Å². The molecule has 1 saturated heterocycles. The second-order valence-electron chi connectivity index (χ2n) is 7.98. The van der Waals surface area contributed by atoms with Crippen molar-refractivity contribution in [3.05, 3.63) is 69.2 Å². The number of hydrogen-bond acceptors (Lipinski definition) is 3. The van der Waals surface area contributed by atoms with Crippen LogP contribution < -0.4 is 10.6 Å². The van der Waals surface area contributed by atoms with Gasteiger partial charge in [-0.2, -0.15) is 0 Å². The molecule has 1 fully saturated rings. The van der Waals surface area contributed by atoms with Gasteiger partial charge in [-0.05, 0) is 48.7 Å². The minimum atomic E-state index is -0.185. The molecule has 1 atom stereocenters. The van der Waals surface area contributed by atoms with E-state index in [0.29, 0.717) is 41.8 Å². The molecule has 7 nitrogen and oxygen atoms in total. The lowest BCUT2D eigenvalue weighted by Gasteiger charge is -2.30. The maximum atomic E-state index is 12.9. The van der Waals surface area contributed by atoms with E-state index in [4.69, 9.17) is 23.2 Å². The number of nitrogens with one attached hydrogen (secondary N) is 2. The molecule has 4 amide bonds. The summed E-state index contributed by atoms with van der Waals surface area (Å²) in [6.45, 7) is 5.91. The number of nitrogens with zero attached hydrogens (tertiary/aromatic N) is 2. The van der Waals surface area contributed by atoms with Crippen molar-refractivity contribution in [2.45, 2.75) is 32.9 Å². The third kappa shape index (κ3) is 6.39. The average molecular weight is 491 g/mol. The highest BCUT2D eigenvalue weighted by molar-refractivity contribution is 6.42. The van der Waals surface area contributed by atoms with Crippen LogP contribution in [0.15, 0.2) is 42.5 Å². The number of carbonyl (C=O) groups is 3. The molecule has 33 heavy (non-hydrogen) atoms. The van der Waals surface area contributed by atoms with Gasteiger partial charge in [0.2, 0.25) is 5.91 Å². The largest absolute Gasteiger partial charge is 0.353 e. The Morgan fingerprint density at radius 2 is 1.88 bits per heavy atom. The molecular formula is C24H28Cl2N4O3. The normalized spacial score (nSPS) is 14.4. The molecule has 2 N–H and O–H groups in total. The Morgan fingerprint density at radius 3 is 2.52 bits per heavy atom. The third-order valence-electron chi connectivity index (χ3n) is 5.59. The standard InChI is InChI=1S/C24H28Cl2N4O3/c1-3-11-30(16(2)19-8-9-20(25)21(26)13-19)24(33)28-14-17-4-6-18(7-5-17)23(32)29-12-10-27-22(31)15-29/h4-9,13,16H,3,10-12,14-15H2,1-2H3,(H,27,31)(H,28,33). The summed E-state index contributed by atoms with van der Waals surface area (Å²) in [5, 5.41) is 6.60. The number of amides is 4. The van der Waals surface area contributed by atoms with Crippen LogP contribution in [0.3, 0.4) is 0 Å². The van der Waals surface area contributed by atoms with Gasteiger partial charge in [-0.15, -0.1) is 0 Å².